The third-order valence-electron chi connectivity index (χ3n) is 2.33. The van der Waals surface area contributed by atoms with Crippen molar-refractivity contribution in [1.82, 2.24) is 10.2 Å². The van der Waals surface area contributed by atoms with Crippen LogP contribution < -0.4 is 5.32 Å². The molecule has 0 aliphatic rings. The highest BCUT2D eigenvalue weighted by Crippen LogP contribution is 1.95. The van der Waals surface area contributed by atoms with Gasteiger partial charge in [0.15, 0.2) is 0 Å². The van der Waals surface area contributed by atoms with Gasteiger partial charge in [-0.2, -0.15) is 0 Å². The summed E-state index contributed by atoms with van der Waals surface area (Å²) in [6, 6.07) is 0.183. The lowest BCUT2D eigenvalue weighted by molar-refractivity contribution is -0.123. The molecule has 0 rings (SSSR count). The van der Waals surface area contributed by atoms with Crippen LogP contribution in [-0.4, -0.2) is 59.9 Å². The Bertz CT molecular complexity index is 182. The molecule has 96 valence electrons. The van der Waals surface area contributed by atoms with E-state index in [0.717, 1.165) is 12.8 Å². The van der Waals surface area contributed by atoms with Gasteiger partial charge in [0.1, 0.15) is 0 Å². The van der Waals surface area contributed by atoms with Crippen molar-refractivity contribution in [3.8, 4) is 0 Å². The smallest absolute Gasteiger partial charge is 0.234 e. The molecule has 1 atom stereocenters. The second kappa shape index (κ2) is 9.57. The van der Waals surface area contributed by atoms with Crippen LogP contribution in [0.15, 0.2) is 0 Å². The molecule has 0 aromatic heterocycles. The van der Waals surface area contributed by atoms with Gasteiger partial charge >= 0.3 is 0 Å². The van der Waals surface area contributed by atoms with E-state index in [1.165, 1.54) is 0 Å². The van der Waals surface area contributed by atoms with Crippen LogP contribution >= 0.6 is 0 Å². The maximum absolute atomic E-state index is 11.6. The Morgan fingerprint density at radius 1 is 1.31 bits per heavy atom. The van der Waals surface area contributed by atoms with Crippen molar-refractivity contribution in [2.45, 2.75) is 32.7 Å². The number of hydrogen-bond donors (Lipinski definition) is 3. The van der Waals surface area contributed by atoms with Crippen molar-refractivity contribution in [2.75, 3.05) is 32.8 Å². The molecule has 0 heterocycles. The summed E-state index contributed by atoms with van der Waals surface area (Å²) >= 11 is 0. The van der Waals surface area contributed by atoms with Crippen LogP contribution in [0.1, 0.15) is 26.7 Å². The van der Waals surface area contributed by atoms with E-state index in [1.54, 1.807) is 4.90 Å². The van der Waals surface area contributed by atoms with Crippen LogP contribution in [0, 0.1) is 0 Å². The van der Waals surface area contributed by atoms with Gasteiger partial charge in [-0.15, -0.1) is 0 Å². The molecule has 0 saturated heterocycles. The fourth-order valence-corrected chi connectivity index (χ4v) is 1.58. The average molecular weight is 232 g/mol. The lowest BCUT2D eigenvalue weighted by atomic mass is 10.2. The number of aliphatic hydroxyl groups is 2. The Morgan fingerprint density at radius 3 is 2.31 bits per heavy atom. The second-order valence-corrected chi connectivity index (χ2v) is 3.98. The monoisotopic (exact) mass is 232 g/mol. The first kappa shape index (κ1) is 15.3. The summed E-state index contributed by atoms with van der Waals surface area (Å²) in [5.74, 6) is -0.0529. The fraction of sp³-hybridized carbons (Fsp3) is 0.909. The molecule has 0 aliphatic carbocycles. The van der Waals surface area contributed by atoms with E-state index in [1.807, 2.05) is 6.92 Å². The van der Waals surface area contributed by atoms with Crippen molar-refractivity contribution < 1.29 is 15.0 Å². The predicted molar refractivity (Wildman–Crippen MR) is 63.1 cm³/mol. The van der Waals surface area contributed by atoms with Gasteiger partial charge in [-0.25, -0.2) is 0 Å². The number of aliphatic hydroxyl groups excluding tert-OH is 2. The molecule has 0 saturated carbocycles. The molecule has 0 radical (unpaired) electrons. The zero-order chi connectivity index (χ0) is 12.4. The van der Waals surface area contributed by atoms with Gasteiger partial charge in [0.05, 0.1) is 19.8 Å². The minimum Gasteiger partial charge on any atom is -0.395 e. The molecule has 0 aliphatic heterocycles. The fourth-order valence-electron chi connectivity index (χ4n) is 1.58. The van der Waals surface area contributed by atoms with Gasteiger partial charge < -0.3 is 15.5 Å². The van der Waals surface area contributed by atoms with Gasteiger partial charge in [-0.05, 0) is 13.3 Å². The van der Waals surface area contributed by atoms with Crippen molar-refractivity contribution >= 4 is 5.91 Å². The molecule has 0 aromatic rings. The highest BCUT2D eigenvalue weighted by Gasteiger charge is 2.11. The maximum atomic E-state index is 11.6. The Labute approximate surface area is 97.4 Å². The molecule has 0 fully saturated rings. The number of nitrogens with one attached hydrogen (secondary N) is 1. The predicted octanol–water partition coefficient (Wildman–Crippen LogP) is -0.422. The number of hydrogen-bond acceptors (Lipinski definition) is 4. The summed E-state index contributed by atoms with van der Waals surface area (Å²) in [4.78, 5) is 13.3. The number of nitrogens with zero attached hydrogens (tertiary/aromatic N) is 1. The van der Waals surface area contributed by atoms with Crippen LogP contribution in [-0.2, 0) is 4.79 Å². The van der Waals surface area contributed by atoms with E-state index in [2.05, 4.69) is 12.2 Å². The number of carbonyl (C=O) groups is 1. The summed E-state index contributed by atoms with van der Waals surface area (Å²) in [6.45, 7) is 5.10. The Hall–Kier alpha value is -0.650. The molecular weight excluding hydrogens is 208 g/mol. The maximum Gasteiger partial charge on any atom is 0.234 e. The van der Waals surface area contributed by atoms with Crippen LogP contribution in [0.25, 0.3) is 0 Å². The molecule has 0 bridgehead atoms. The Kier molecular flexibility index (Phi) is 9.18. The first-order valence-corrected chi connectivity index (χ1v) is 5.87. The summed E-state index contributed by atoms with van der Waals surface area (Å²) < 4.78 is 0. The molecule has 1 unspecified atom stereocenters. The van der Waals surface area contributed by atoms with Gasteiger partial charge in [0, 0.05) is 19.1 Å². The van der Waals surface area contributed by atoms with Crippen LogP contribution in [0.3, 0.4) is 0 Å². The van der Waals surface area contributed by atoms with Gasteiger partial charge in [-0.1, -0.05) is 13.3 Å². The lowest BCUT2D eigenvalue weighted by Crippen LogP contribution is -2.42. The highest BCUT2D eigenvalue weighted by atomic mass is 16.3. The average Bonchev–Trinajstić information content (AvgIpc) is 2.18. The standard InChI is InChI=1S/C11H24N2O3/c1-3-4-10(2)12-11(16)9-13(5-7-14)6-8-15/h10,14-15H,3-9H2,1-2H3,(H,12,16). The molecule has 3 N–H and O–H groups in total. The quantitative estimate of drug-likeness (QED) is 0.505. The number of carbonyl (C=O) groups excluding carboxylic acids is 1. The third kappa shape index (κ3) is 7.62. The minimum absolute atomic E-state index is 0.00219. The Balaban J connectivity index is 3.88. The van der Waals surface area contributed by atoms with Crippen molar-refractivity contribution in [2.24, 2.45) is 0 Å². The SMILES string of the molecule is CCCC(C)NC(=O)CN(CCO)CCO. The van der Waals surface area contributed by atoms with E-state index < -0.39 is 0 Å². The van der Waals surface area contributed by atoms with Crippen molar-refractivity contribution in [3.05, 3.63) is 0 Å². The van der Waals surface area contributed by atoms with Gasteiger partial charge in [0.25, 0.3) is 0 Å². The highest BCUT2D eigenvalue weighted by molar-refractivity contribution is 5.78. The van der Waals surface area contributed by atoms with Gasteiger partial charge in [-0.3, -0.25) is 9.69 Å². The second-order valence-electron chi connectivity index (χ2n) is 3.98. The van der Waals surface area contributed by atoms with Crippen LogP contribution in [0.2, 0.25) is 0 Å². The van der Waals surface area contributed by atoms with Gasteiger partial charge in [0.2, 0.25) is 5.91 Å². The van der Waals surface area contributed by atoms with Crippen molar-refractivity contribution in [1.29, 1.82) is 0 Å². The first-order chi connectivity index (χ1) is 7.63. The molecule has 16 heavy (non-hydrogen) atoms. The normalized spacial score (nSPS) is 12.8. The number of amides is 1. The number of rotatable bonds is 9. The molecule has 1 amide bonds. The first-order valence-electron chi connectivity index (χ1n) is 5.87. The van der Waals surface area contributed by atoms with E-state index in [9.17, 15) is 4.79 Å². The zero-order valence-corrected chi connectivity index (χ0v) is 10.3. The molecule has 5 nitrogen and oxygen atoms in total. The third-order valence-corrected chi connectivity index (χ3v) is 2.33. The topological polar surface area (TPSA) is 72.8 Å². The largest absolute Gasteiger partial charge is 0.395 e. The molecule has 0 spiro atoms. The van der Waals surface area contributed by atoms with Crippen LogP contribution in [0.5, 0.6) is 0 Å². The lowest BCUT2D eigenvalue weighted by Gasteiger charge is -2.21. The summed E-state index contributed by atoms with van der Waals surface area (Å²) in [6.07, 6.45) is 2.00. The molecule has 0 aromatic carbocycles. The summed E-state index contributed by atoms with van der Waals surface area (Å²) in [5.41, 5.74) is 0. The Morgan fingerprint density at radius 2 is 1.88 bits per heavy atom. The van der Waals surface area contributed by atoms with E-state index in [-0.39, 0.29) is 31.7 Å². The van der Waals surface area contributed by atoms with E-state index >= 15 is 0 Å². The van der Waals surface area contributed by atoms with E-state index in [4.69, 9.17) is 10.2 Å². The van der Waals surface area contributed by atoms with E-state index in [0.29, 0.717) is 13.1 Å². The zero-order valence-electron chi connectivity index (χ0n) is 10.3. The van der Waals surface area contributed by atoms with Crippen LogP contribution in [0.4, 0.5) is 0 Å². The summed E-state index contributed by atoms with van der Waals surface area (Å²) in [5, 5.41) is 20.5. The van der Waals surface area contributed by atoms with Crippen molar-refractivity contribution in [3.63, 3.8) is 0 Å². The molecule has 5 heteroatoms. The minimum atomic E-state index is -0.0529. The molecular formula is C11H24N2O3. The summed E-state index contributed by atoms with van der Waals surface area (Å²) in [7, 11) is 0.